The van der Waals surface area contributed by atoms with E-state index in [-0.39, 0.29) is 5.92 Å². The van der Waals surface area contributed by atoms with Gasteiger partial charge in [0.1, 0.15) is 5.82 Å². The summed E-state index contributed by atoms with van der Waals surface area (Å²) in [5, 5.41) is 7.76. The van der Waals surface area contributed by atoms with E-state index in [4.69, 9.17) is 4.98 Å². The minimum Gasteiger partial charge on any atom is -0.362 e. The highest BCUT2D eigenvalue weighted by Gasteiger charge is 2.30. The maximum atomic E-state index is 12.4. The number of halogens is 3. The Bertz CT molecular complexity index is 816. The SMILES string of the molecule is CC(CNC[C@H]1CC[C@@H](Nc2nc(N(C)C)c3ccccc3n2)CC1)CC(F)(F)F. The second-order valence-corrected chi connectivity index (χ2v) is 8.73. The Kier molecular flexibility index (Phi) is 7.39. The molecule has 1 heterocycles. The van der Waals surface area contributed by atoms with Crippen molar-refractivity contribution in [1.82, 2.24) is 15.3 Å². The quantitative estimate of drug-likeness (QED) is 0.636. The van der Waals surface area contributed by atoms with E-state index in [2.05, 4.69) is 15.6 Å². The molecular formula is C22H32F3N5. The van der Waals surface area contributed by atoms with E-state index in [1.54, 1.807) is 6.92 Å². The summed E-state index contributed by atoms with van der Waals surface area (Å²) >= 11 is 0. The Morgan fingerprint density at radius 2 is 1.80 bits per heavy atom. The van der Waals surface area contributed by atoms with E-state index < -0.39 is 12.6 Å². The van der Waals surface area contributed by atoms with E-state index in [1.807, 2.05) is 43.3 Å². The topological polar surface area (TPSA) is 53.1 Å². The number of rotatable bonds is 8. The fraction of sp³-hybridized carbons (Fsp3) is 0.636. The van der Waals surface area contributed by atoms with Crippen LogP contribution in [0.2, 0.25) is 0 Å². The van der Waals surface area contributed by atoms with Crippen molar-refractivity contribution in [3.8, 4) is 0 Å². The standard InChI is InChI=1S/C22H32F3N5/c1-15(12-22(23,24)25)13-26-14-16-8-10-17(11-9-16)27-21-28-19-7-5-4-6-18(19)20(29-21)30(2)3/h4-7,15-17,26H,8-14H2,1-3H3,(H,27,28,29)/t15?,16-,17+. The van der Waals surface area contributed by atoms with Crippen molar-refractivity contribution < 1.29 is 13.2 Å². The number of aromatic nitrogens is 2. The second kappa shape index (κ2) is 9.81. The molecule has 2 aromatic rings. The van der Waals surface area contributed by atoms with Gasteiger partial charge in [0.2, 0.25) is 5.95 Å². The van der Waals surface area contributed by atoms with Crippen LogP contribution < -0.4 is 15.5 Å². The van der Waals surface area contributed by atoms with E-state index in [1.165, 1.54) is 0 Å². The first-order valence-electron chi connectivity index (χ1n) is 10.7. The average molecular weight is 424 g/mol. The molecule has 166 valence electrons. The first kappa shape index (κ1) is 22.6. The first-order chi connectivity index (χ1) is 14.2. The lowest BCUT2D eigenvalue weighted by molar-refractivity contribution is -0.142. The zero-order chi connectivity index (χ0) is 21.7. The molecular weight excluding hydrogens is 391 g/mol. The summed E-state index contributed by atoms with van der Waals surface area (Å²) < 4.78 is 37.3. The lowest BCUT2D eigenvalue weighted by Crippen LogP contribution is -2.34. The number of benzene rings is 1. The Hall–Kier alpha value is -2.09. The Morgan fingerprint density at radius 3 is 2.47 bits per heavy atom. The van der Waals surface area contributed by atoms with Gasteiger partial charge in [-0.05, 0) is 62.7 Å². The third-order valence-corrected chi connectivity index (χ3v) is 5.69. The molecule has 1 aliphatic rings. The second-order valence-electron chi connectivity index (χ2n) is 8.73. The molecule has 0 amide bonds. The number of hydrogen-bond acceptors (Lipinski definition) is 5. The highest BCUT2D eigenvalue weighted by molar-refractivity contribution is 5.90. The van der Waals surface area contributed by atoms with Gasteiger partial charge in [0.25, 0.3) is 0 Å². The van der Waals surface area contributed by atoms with Gasteiger partial charge < -0.3 is 15.5 Å². The number of nitrogens with zero attached hydrogens (tertiary/aromatic N) is 3. The number of alkyl halides is 3. The van der Waals surface area contributed by atoms with Crippen LogP contribution in [0.3, 0.4) is 0 Å². The molecule has 0 saturated heterocycles. The number of fused-ring (bicyclic) bond motifs is 1. The van der Waals surface area contributed by atoms with Crippen LogP contribution in [0.4, 0.5) is 24.9 Å². The van der Waals surface area contributed by atoms with E-state index in [9.17, 15) is 13.2 Å². The van der Waals surface area contributed by atoms with Gasteiger partial charge in [-0.25, -0.2) is 4.98 Å². The summed E-state index contributed by atoms with van der Waals surface area (Å²) in [4.78, 5) is 11.4. The molecule has 30 heavy (non-hydrogen) atoms. The molecule has 1 atom stereocenters. The number of nitrogens with one attached hydrogen (secondary N) is 2. The van der Waals surface area contributed by atoms with Crippen molar-refractivity contribution in [2.75, 3.05) is 37.4 Å². The van der Waals surface area contributed by atoms with Crippen molar-refractivity contribution in [3.63, 3.8) is 0 Å². The monoisotopic (exact) mass is 423 g/mol. The van der Waals surface area contributed by atoms with Crippen LogP contribution in [-0.4, -0.2) is 49.4 Å². The molecule has 8 heteroatoms. The lowest BCUT2D eigenvalue weighted by atomic mass is 9.86. The van der Waals surface area contributed by atoms with Gasteiger partial charge >= 0.3 is 6.18 Å². The zero-order valence-electron chi connectivity index (χ0n) is 18.0. The van der Waals surface area contributed by atoms with Crippen LogP contribution in [0.1, 0.15) is 39.0 Å². The molecule has 1 fully saturated rings. The maximum absolute atomic E-state index is 12.4. The van der Waals surface area contributed by atoms with Gasteiger partial charge in [-0.15, -0.1) is 0 Å². The van der Waals surface area contributed by atoms with Gasteiger partial charge in [0.05, 0.1) is 5.52 Å². The molecule has 2 N–H and O–H groups in total. The molecule has 3 rings (SSSR count). The van der Waals surface area contributed by atoms with Crippen LogP contribution in [0.25, 0.3) is 10.9 Å². The lowest BCUT2D eigenvalue weighted by Gasteiger charge is -2.30. The van der Waals surface area contributed by atoms with E-state index in [0.717, 1.165) is 48.9 Å². The highest BCUT2D eigenvalue weighted by atomic mass is 19.4. The molecule has 0 bridgehead atoms. The molecule has 0 radical (unpaired) electrons. The third-order valence-electron chi connectivity index (χ3n) is 5.69. The summed E-state index contributed by atoms with van der Waals surface area (Å²) in [5.41, 5.74) is 0.921. The minimum atomic E-state index is -4.08. The number of anilines is 2. The van der Waals surface area contributed by atoms with Crippen LogP contribution >= 0.6 is 0 Å². The van der Waals surface area contributed by atoms with Crippen molar-refractivity contribution in [3.05, 3.63) is 24.3 Å². The number of hydrogen-bond donors (Lipinski definition) is 2. The minimum absolute atomic E-state index is 0.321. The molecule has 1 aromatic heterocycles. The third kappa shape index (κ3) is 6.45. The normalized spacial score (nSPS) is 20.9. The Morgan fingerprint density at radius 1 is 1.10 bits per heavy atom. The summed E-state index contributed by atoms with van der Waals surface area (Å²) in [6, 6.07) is 8.32. The summed E-state index contributed by atoms with van der Waals surface area (Å²) in [7, 11) is 3.96. The largest absolute Gasteiger partial charge is 0.389 e. The molecule has 0 aliphatic heterocycles. The Labute approximate surface area is 176 Å². The van der Waals surface area contributed by atoms with Gasteiger partial charge in [-0.3, -0.25) is 0 Å². The van der Waals surface area contributed by atoms with Crippen molar-refractivity contribution in [2.45, 2.75) is 51.2 Å². The fourth-order valence-corrected chi connectivity index (χ4v) is 4.16. The molecule has 5 nitrogen and oxygen atoms in total. The van der Waals surface area contributed by atoms with E-state index >= 15 is 0 Å². The van der Waals surface area contributed by atoms with Crippen molar-refractivity contribution >= 4 is 22.7 Å². The maximum Gasteiger partial charge on any atom is 0.389 e. The van der Waals surface area contributed by atoms with Crippen LogP contribution in [-0.2, 0) is 0 Å². The first-order valence-corrected chi connectivity index (χ1v) is 10.7. The Balaban J connectivity index is 1.48. The van der Waals surface area contributed by atoms with Crippen LogP contribution in [0.15, 0.2) is 24.3 Å². The van der Waals surface area contributed by atoms with Gasteiger partial charge in [-0.1, -0.05) is 19.1 Å². The van der Waals surface area contributed by atoms with Gasteiger partial charge in [0.15, 0.2) is 0 Å². The molecule has 1 unspecified atom stereocenters. The molecule has 1 saturated carbocycles. The molecule has 1 aromatic carbocycles. The summed E-state index contributed by atoms with van der Waals surface area (Å²) in [5.74, 6) is 1.67. The van der Waals surface area contributed by atoms with E-state index in [0.29, 0.717) is 24.5 Å². The van der Waals surface area contributed by atoms with Crippen molar-refractivity contribution in [2.24, 2.45) is 11.8 Å². The van der Waals surface area contributed by atoms with Crippen molar-refractivity contribution in [1.29, 1.82) is 0 Å². The predicted molar refractivity (Wildman–Crippen MR) is 116 cm³/mol. The highest BCUT2D eigenvalue weighted by Crippen LogP contribution is 2.28. The van der Waals surface area contributed by atoms with Gasteiger partial charge in [0, 0.05) is 31.9 Å². The van der Waals surface area contributed by atoms with Crippen LogP contribution in [0, 0.1) is 11.8 Å². The van der Waals surface area contributed by atoms with Crippen LogP contribution in [0.5, 0.6) is 0 Å². The fourth-order valence-electron chi connectivity index (χ4n) is 4.16. The summed E-state index contributed by atoms with van der Waals surface area (Å²) in [6.07, 6.45) is -0.686. The molecule has 1 aliphatic carbocycles. The average Bonchev–Trinajstić information content (AvgIpc) is 2.67. The predicted octanol–water partition coefficient (Wildman–Crippen LogP) is 4.84. The molecule has 0 spiro atoms. The smallest absolute Gasteiger partial charge is 0.362 e. The van der Waals surface area contributed by atoms with Gasteiger partial charge in [-0.2, -0.15) is 18.2 Å². The zero-order valence-corrected chi connectivity index (χ0v) is 18.0. The number of para-hydroxylation sites is 1. The summed E-state index contributed by atoms with van der Waals surface area (Å²) in [6.45, 7) is 2.84.